The Hall–Kier alpha value is -5.60. The minimum atomic E-state index is -0.600. The van der Waals surface area contributed by atoms with Crippen LogP contribution in [0.2, 0.25) is 0 Å². The van der Waals surface area contributed by atoms with Crippen LogP contribution in [0.5, 0.6) is 5.75 Å². The van der Waals surface area contributed by atoms with E-state index in [1.54, 1.807) is 0 Å². The molecule has 0 N–H and O–H groups in total. The van der Waals surface area contributed by atoms with Gasteiger partial charge in [-0.3, -0.25) is 0 Å². The third-order valence-corrected chi connectivity index (χ3v) is 7.57. The van der Waals surface area contributed by atoms with Crippen molar-refractivity contribution in [1.82, 2.24) is 15.0 Å². The molecule has 7 rings (SSSR count). The first-order valence-electron chi connectivity index (χ1n) is 13.8. The Kier molecular flexibility index (Phi) is 6.10. The Morgan fingerprint density at radius 2 is 1.14 bits per heavy atom. The number of nitrogens with zero attached hydrogens (tertiary/aromatic N) is 4. The van der Waals surface area contributed by atoms with Crippen LogP contribution in [0.15, 0.2) is 121 Å². The van der Waals surface area contributed by atoms with Gasteiger partial charge in [0.15, 0.2) is 23.2 Å². The van der Waals surface area contributed by atoms with E-state index in [-0.39, 0.29) is 0 Å². The van der Waals surface area contributed by atoms with Crippen LogP contribution in [0.25, 0.3) is 61.3 Å². The van der Waals surface area contributed by atoms with E-state index in [4.69, 9.17) is 26.3 Å². The zero-order valence-electron chi connectivity index (χ0n) is 23.2. The van der Waals surface area contributed by atoms with Crippen LogP contribution in [-0.2, 0) is 5.60 Å². The molecule has 0 saturated heterocycles. The fraction of sp³-hybridized carbons (Fsp3) is 0.0811. The molecule has 5 nitrogen and oxygen atoms in total. The second-order valence-electron chi connectivity index (χ2n) is 10.7. The van der Waals surface area contributed by atoms with Gasteiger partial charge in [0.2, 0.25) is 0 Å². The van der Waals surface area contributed by atoms with Gasteiger partial charge in [-0.15, -0.1) is 0 Å². The molecule has 0 atom stereocenters. The van der Waals surface area contributed by atoms with Gasteiger partial charge >= 0.3 is 0 Å². The number of hydrogen-bond acceptors (Lipinski definition) is 4. The van der Waals surface area contributed by atoms with Crippen molar-refractivity contribution in [3.63, 3.8) is 0 Å². The molecule has 0 bridgehead atoms. The van der Waals surface area contributed by atoms with Gasteiger partial charge in [-0.05, 0) is 42.7 Å². The highest BCUT2D eigenvalue weighted by Crippen LogP contribution is 2.48. The summed E-state index contributed by atoms with van der Waals surface area (Å²) in [5, 5.41) is 0. The molecular formula is C37H26N4O. The van der Waals surface area contributed by atoms with E-state index in [1.165, 1.54) is 0 Å². The Morgan fingerprint density at radius 3 is 1.93 bits per heavy atom. The molecule has 1 aliphatic heterocycles. The zero-order chi connectivity index (χ0) is 28.7. The average molecular weight is 543 g/mol. The normalized spacial score (nSPS) is 12.9. The van der Waals surface area contributed by atoms with Gasteiger partial charge in [-0.1, -0.05) is 109 Å². The predicted octanol–water partition coefficient (Wildman–Crippen LogP) is 9.38. The molecule has 0 aliphatic carbocycles. The first-order chi connectivity index (χ1) is 20.5. The largest absolute Gasteiger partial charge is 0.482 e. The molecule has 2 heterocycles. The van der Waals surface area contributed by atoms with E-state index < -0.39 is 5.60 Å². The summed E-state index contributed by atoms with van der Waals surface area (Å²) in [5.41, 5.74) is 8.00. The van der Waals surface area contributed by atoms with Gasteiger partial charge in [0.25, 0.3) is 0 Å². The van der Waals surface area contributed by atoms with Crippen LogP contribution < -0.4 is 4.74 Å². The number of para-hydroxylation sites is 1. The lowest BCUT2D eigenvalue weighted by atomic mass is 9.82. The molecule has 0 unspecified atom stereocenters. The van der Waals surface area contributed by atoms with Crippen LogP contribution in [0.3, 0.4) is 0 Å². The van der Waals surface area contributed by atoms with E-state index in [0.717, 1.165) is 50.3 Å². The molecule has 0 radical (unpaired) electrons. The topological polar surface area (TPSA) is 52.3 Å². The summed E-state index contributed by atoms with van der Waals surface area (Å²) < 4.78 is 6.53. The quantitative estimate of drug-likeness (QED) is 0.208. The van der Waals surface area contributed by atoms with Crippen molar-refractivity contribution in [3.8, 4) is 62.2 Å². The third-order valence-electron chi connectivity index (χ3n) is 7.57. The Morgan fingerprint density at radius 1 is 0.548 bits per heavy atom. The van der Waals surface area contributed by atoms with E-state index in [9.17, 15) is 0 Å². The monoisotopic (exact) mass is 542 g/mol. The maximum Gasteiger partial charge on any atom is 0.187 e. The maximum absolute atomic E-state index is 7.26. The number of benzene rings is 5. The van der Waals surface area contributed by atoms with Crippen LogP contribution in [0.4, 0.5) is 5.69 Å². The Bertz CT molecular complexity index is 1990. The van der Waals surface area contributed by atoms with Crippen molar-refractivity contribution in [3.05, 3.63) is 138 Å². The van der Waals surface area contributed by atoms with Crippen molar-refractivity contribution in [2.24, 2.45) is 0 Å². The molecule has 0 spiro atoms. The highest BCUT2D eigenvalue weighted by atomic mass is 16.5. The number of ether oxygens (including phenoxy) is 1. The van der Waals surface area contributed by atoms with Crippen LogP contribution >= 0.6 is 0 Å². The van der Waals surface area contributed by atoms with E-state index in [0.29, 0.717) is 23.2 Å². The van der Waals surface area contributed by atoms with Crippen molar-refractivity contribution in [2.45, 2.75) is 19.4 Å². The summed E-state index contributed by atoms with van der Waals surface area (Å²) in [7, 11) is 0. The fourth-order valence-corrected chi connectivity index (χ4v) is 5.62. The maximum atomic E-state index is 7.26. The minimum absolute atomic E-state index is 0.589. The summed E-state index contributed by atoms with van der Waals surface area (Å²) in [6, 6.07) is 40.2. The molecule has 42 heavy (non-hydrogen) atoms. The van der Waals surface area contributed by atoms with Gasteiger partial charge in [-0.25, -0.2) is 19.8 Å². The molecule has 1 aliphatic rings. The summed E-state index contributed by atoms with van der Waals surface area (Å²) in [6.45, 7) is 11.4. The number of aromatic nitrogens is 3. The molecule has 6 aromatic rings. The Labute approximate surface area is 245 Å². The molecule has 0 fully saturated rings. The summed E-state index contributed by atoms with van der Waals surface area (Å²) >= 11 is 0. The predicted molar refractivity (Wildman–Crippen MR) is 167 cm³/mol. The lowest BCUT2D eigenvalue weighted by Gasteiger charge is -2.36. The molecule has 200 valence electrons. The fourth-order valence-electron chi connectivity index (χ4n) is 5.62. The third kappa shape index (κ3) is 4.49. The Balaban J connectivity index is 1.43. The number of rotatable bonds is 4. The first kappa shape index (κ1) is 25.4. The molecule has 1 aromatic heterocycles. The minimum Gasteiger partial charge on any atom is -0.482 e. The van der Waals surface area contributed by atoms with E-state index in [1.807, 2.05) is 84.9 Å². The second kappa shape index (κ2) is 10.1. The summed E-state index contributed by atoms with van der Waals surface area (Å²) in [4.78, 5) is 18.6. The zero-order valence-corrected chi connectivity index (χ0v) is 23.2. The van der Waals surface area contributed by atoms with E-state index in [2.05, 4.69) is 55.1 Å². The second-order valence-corrected chi connectivity index (χ2v) is 10.7. The van der Waals surface area contributed by atoms with Crippen molar-refractivity contribution in [1.29, 1.82) is 0 Å². The number of fused-ring (bicyclic) bond motifs is 3. The average Bonchev–Trinajstić information content (AvgIpc) is 3.04. The van der Waals surface area contributed by atoms with E-state index >= 15 is 0 Å². The molecular weight excluding hydrogens is 516 g/mol. The van der Waals surface area contributed by atoms with Crippen LogP contribution in [-0.4, -0.2) is 15.0 Å². The van der Waals surface area contributed by atoms with Crippen molar-refractivity contribution in [2.75, 3.05) is 0 Å². The van der Waals surface area contributed by atoms with Gasteiger partial charge in [0.1, 0.15) is 11.4 Å². The smallest absolute Gasteiger partial charge is 0.187 e. The lowest BCUT2D eigenvalue weighted by Crippen LogP contribution is -2.30. The first-order valence-corrected chi connectivity index (χ1v) is 13.8. The molecule has 5 aromatic carbocycles. The van der Waals surface area contributed by atoms with Gasteiger partial charge in [0.05, 0.1) is 6.57 Å². The van der Waals surface area contributed by atoms with Gasteiger partial charge < -0.3 is 4.74 Å². The van der Waals surface area contributed by atoms with Crippen molar-refractivity contribution >= 4 is 5.69 Å². The highest BCUT2D eigenvalue weighted by molar-refractivity contribution is 5.83. The SMILES string of the molecule is [C-]#[N+]c1ccc(-c2cccc(-c3nc(-c4ccccc4)nc(-c4cccc5c4C(C)(C)Oc4ccccc4-5)n3)c2)cc1. The van der Waals surface area contributed by atoms with Gasteiger partial charge in [0, 0.05) is 27.8 Å². The molecule has 0 amide bonds. The summed E-state index contributed by atoms with van der Waals surface area (Å²) in [6.07, 6.45) is 0. The lowest BCUT2D eigenvalue weighted by molar-refractivity contribution is 0.106. The highest BCUT2D eigenvalue weighted by Gasteiger charge is 2.35. The standard InChI is InChI=1S/C37H26N4O/c1-37(2)33-30(29-15-7-8-18-32(29)42-37)16-10-17-31(33)36-40-34(25-11-5-4-6-12-25)39-35(41-36)27-14-9-13-26(23-27)24-19-21-28(38-3)22-20-24/h4-23H,1-2H3. The molecule has 0 saturated carbocycles. The summed E-state index contributed by atoms with van der Waals surface area (Å²) in [5.74, 6) is 2.66. The van der Waals surface area contributed by atoms with Crippen LogP contribution in [0, 0.1) is 6.57 Å². The van der Waals surface area contributed by atoms with Crippen LogP contribution in [0.1, 0.15) is 19.4 Å². The van der Waals surface area contributed by atoms with Gasteiger partial charge in [-0.2, -0.15) is 0 Å². The van der Waals surface area contributed by atoms with Crippen molar-refractivity contribution < 1.29 is 4.74 Å². The molecule has 5 heteroatoms. The number of hydrogen-bond donors (Lipinski definition) is 0.